The molecule has 62 heavy (non-hydrogen) atoms. The molecule has 0 unspecified atom stereocenters. The van der Waals surface area contributed by atoms with E-state index in [0.717, 1.165) is 37.4 Å². The highest BCUT2D eigenvalue weighted by Gasteiger charge is 2.68. The van der Waals surface area contributed by atoms with Crippen LogP contribution in [0.4, 0.5) is 28.6 Å². The van der Waals surface area contributed by atoms with Gasteiger partial charge in [0.2, 0.25) is 23.6 Å². The molecule has 2 aliphatic carbocycles. The number of hydrogen-bond donors (Lipinski definition) is 1. The van der Waals surface area contributed by atoms with Crippen molar-refractivity contribution in [2.75, 3.05) is 28.8 Å². The van der Waals surface area contributed by atoms with Crippen LogP contribution in [0, 0.1) is 36.0 Å². The third kappa shape index (κ3) is 6.04. The van der Waals surface area contributed by atoms with Gasteiger partial charge in [-0.2, -0.15) is 15.3 Å². The van der Waals surface area contributed by atoms with Gasteiger partial charge in [-0.25, -0.2) is 4.90 Å². The molecule has 10 rings (SSSR count). The van der Waals surface area contributed by atoms with E-state index in [2.05, 4.69) is 10.2 Å². The zero-order valence-corrected chi connectivity index (χ0v) is 36.2. The number of carbonyl (C=O) groups excluding carboxylic acids is 4. The Bertz CT molecular complexity index is 2920. The molecule has 3 fully saturated rings. The summed E-state index contributed by atoms with van der Waals surface area (Å²) in [7, 11) is 5.66. The van der Waals surface area contributed by atoms with E-state index in [1.807, 2.05) is 81.4 Å². The van der Waals surface area contributed by atoms with E-state index in [1.165, 1.54) is 9.80 Å². The maximum Gasteiger partial charge on any atom is 0.242 e. The Labute approximate surface area is 366 Å². The predicted molar refractivity (Wildman–Crippen MR) is 240 cm³/mol. The number of amides is 4. The first-order valence-corrected chi connectivity index (χ1v) is 21.7. The van der Waals surface area contributed by atoms with Gasteiger partial charge in [0.1, 0.15) is 17.3 Å². The zero-order valence-electron chi connectivity index (χ0n) is 34.6. The zero-order chi connectivity index (χ0) is 43.4. The van der Waals surface area contributed by atoms with Crippen molar-refractivity contribution in [3.8, 4) is 16.3 Å². The van der Waals surface area contributed by atoms with Gasteiger partial charge in [-0.3, -0.25) is 28.8 Å². The first kappa shape index (κ1) is 39.7. The standard InChI is InChI=1S/C48H42ClN7O5S/c1-25-35-22-27(49)8-21-39(35)62-43(25)38-24-40(54(5)52-38)56-45(59)37-23-36-33(42(48(37,2)47(56)61)26-6-17-32(57)18-7-26)19-20-34-41(36)46(60)55(44(34)58)31-15-11-29(12-16-31)51-50-28-9-13-30(14-10-28)53(3)4/h6-19,21-22,24,34,36-37,41-42,57H,20,23H2,1-5H3/t34-,36+,37-,41-,42-,48+/m0/s1. The summed E-state index contributed by atoms with van der Waals surface area (Å²) in [4.78, 5) is 64.5. The van der Waals surface area contributed by atoms with Crippen LogP contribution in [0.5, 0.6) is 5.75 Å². The molecule has 2 aromatic heterocycles. The number of azo groups is 1. The smallest absolute Gasteiger partial charge is 0.242 e. The number of thiophene rings is 1. The molecule has 1 saturated carbocycles. The van der Waals surface area contributed by atoms with E-state index in [1.54, 1.807) is 77.7 Å². The van der Waals surface area contributed by atoms with Crippen LogP contribution in [0.2, 0.25) is 5.02 Å². The molecule has 4 amide bonds. The van der Waals surface area contributed by atoms with Gasteiger partial charge >= 0.3 is 0 Å². The van der Waals surface area contributed by atoms with Crippen LogP contribution >= 0.6 is 22.9 Å². The molecular weight excluding hydrogens is 822 g/mol. The summed E-state index contributed by atoms with van der Waals surface area (Å²) in [6.07, 6.45) is 2.54. The number of halogens is 1. The minimum atomic E-state index is -1.25. The highest BCUT2D eigenvalue weighted by molar-refractivity contribution is 7.22. The van der Waals surface area contributed by atoms with Crippen molar-refractivity contribution in [3.05, 3.63) is 125 Å². The lowest BCUT2D eigenvalue weighted by Crippen LogP contribution is -2.48. The predicted octanol–water partition coefficient (Wildman–Crippen LogP) is 9.89. The number of phenolic OH excluding ortho intramolecular Hbond substituents is 1. The molecule has 1 N–H and O–H groups in total. The van der Waals surface area contributed by atoms with Crippen molar-refractivity contribution in [1.82, 2.24) is 9.78 Å². The normalized spacial score (nSPS) is 24.5. The highest BCUT2D eigenvalue weighted by atomic mass is 35.5. The third-order valence-corrected chi connectivity index (χ3v) is 15.0. The lowest BCUT2D eigenvalue weighted by atomic mass is 9.51. The Hall–Kier alpha value is -6.44. The van der Waals surface area contributed by atoms with Crippen LogP contribution in [0.3, 0.4) is 0 Å². The fraction of sp³-hybridized carbons (Fsp3) is 0.271. The number of nitrogens with zero attached hydrogens (tertiary/aromatic N) is 7. The number of aryl methyl sites for hydroxylation is 2. The van der Waals surface area contributed by atoms with Gasteiger partial charge in [0.15, 0.2) is 0 Å². The number of aromatic nitrogens is 2. The summed E-state index contributed by atoms with van der Waals surface area (Å²) in [6, 6.07) is 28.8. The number of hydrogen-bond acceptors (Lipinski definition) is 10. The van der Waals surface area contributed by atoms with Crippen LogP contribution in [-0.4, -0.2) is 52.6 Å². The van der Waals surface area contributed by atoms with Crippen LogP contribution < -0.4 is 14.7 Å². The molecule has 0 spiro atoms. The number of benzene rings is 4. The molecule has 4 heterocycles. The molecule has 312 valence electrons. The van der Waals surface area contributed by atoms with Gasteiger partial charge in [0.25, 0.3) is 0 Å². The first-order valence-electron chi connectivity index (χ1n) is 20.5. The van der Waals surface area contributed by atoms with Gasteiger partial charge in [-0.1, -0.05) is 35.4 Å². The average molecular weight is 864 g/mol. The quantitative estimate of drug-likeness (QED) is 0.0957. The summed E-state index contributed by atoms with van der Waals surface area (Å²) in [5, 5.41) is 25.5. The summed E-state index contributed by atoms with van der Waals surface area (Å²) in [5.41, 5.74) is 4.72. The van der Waals surface area contributed by atoms with Crippen molar-refractivity contribution >= 4 is 85.2 Å². The molecule has 6 atom stereocenters. The van der Waals surface area contributed by atoms with E-state index in [9.17, 15) is 19.5 Å². The molecule has 4 aliphatic rings. The SMILES string of the molecule is Cc1c(-c2cc(N3C(=O)[C@@H]4C[C@@H]5C(=CC[C@@H]6C(=O)N(c7ccc(N=Nc8ccc(N(C)C)cc8)cc7)C(=O)[C@@H]65)[C@H](c5ccc(O)cc5)[C@]4(C)C3=O)n(C)n2)sc2ccc(Cl)cc12. The number of anilines is 3. The van der Waals surface area contributed by atoms with Crippen molar-refractivity contribution in [2.24, 2.45) is 46.4 Å². The molecule has 2 aliphatic heterocycles. The number of phenols is 1. The number of carbonyl (C=O) groups is 4. The summed E-state index contributed by atoms with van der Waals surface area (Å²) in [6.45, 7) is 3.86. The molecule has 14 heteroatoms. The first-order chi connectivity index (χ1) is 29.7. The van der Waals surface area contributed by atoms with Crippen LogP contribution in [0.15, 0.2) is 119 Å². The highest BCUT2D eigenvalue weighted by Crippen LogP contribution is 2.64. The van der Waals surface area contributed by atoms with E-state index < -0.39 is 35.0 Å². The monoisotopic (exact) mass is 863 g/mol. The van der Waals surface area contributed by atoms with Gasteiger partial charge in [0, 0.05) is 48.5 Å². The molecule has 6 aromatic rings. The van der Waals surface area contributed by atoms with Crippen LogP contribution in [0.1, 0.15) is 36.8 Å². The van der Waals surface area contributed by atoms with E-state index in [-0.39, 0.29) is 35.8 Å². The van der Waals surface area contributed by atoms with Gasteiger partial charge in [0.05, 0.1) is 45.1 Å². The Morgan fingerprint density at radius 1 is 0.839 bits per heavy atom. The fourth-order valence-corrected chi connectivity index (χ4v) is 11.7. The molecule has 0 bridgehead atoms. The Kier molecular flexibility index (Phi) is 9.34. The fourth-order valence-electron chi connectivity index (χ4n) is 10.4. The number of rotatable bonds is 7. The molecule has 2 saturated heterocycles. The van der Waals surface area contributed by atoms with Gasteiger partial charge < -0.3 is 10.0 Å². The second kappa shape index (κ2) is 14.6. The average Bonchev–Trinajstić information content (AvgIpc) is 3.93. The largest absolute Gasteiger partial charge is 0.508 e. The molecular formula is C48H42ClN7O5S. The summed E-state index contributed by atoms with van der Waals surface area (Å²) >= 11 is 7.91. The lowest BCUT2D eigenvalue weighted by molar-refractivity contribution is -0.131. The summed E-state index contributed by atoms with van der Waals surface area (Å²) < 4.78 is 2.62. The Morgan fingerprint density at radius 3 is 2.19 bits per heavy atom. The van der Waals surface area contributed by atoms with Crippen LogP contribution in [-0.2, 0) is 26.2 Å². The molecule has 0 radical (unpaired) electrons. The third-order valence-electron chi connectivity index (χ3n) is 13.5. The van der Waals surface area contributed by atoms with Gasteiger partial charge in [-0.15, -0.1) is 11.3 Å². The number of imide groups is 2. The van der Waals surface area contributed by atoms with Crippen molar-refractivity contribution < 1.29 is 24.3 Å². The Balaban J connectivity index is 0.978. The van der Waals surface area contributed by atoms with E-state index in [4.69, 9.17) is 16.7 Å². The topological polar surface area (TPSA) is 141 Å². The minimum absolute atomic E-state index is 0.0653. The Morgan fingerprint density at radius 2 is 1.52 bits per heavy atom. The van der Waals surface area contributed by atoms with Crippen molar-refractivity contribution in [1.29, 1.82) is 0 Å². The minimum Gasteiger partial charge on any atom is -0.508 e. The maximum atomic E-state index is 15.1. The van der Waals surface area contributed by atoms with Crippen molar-refractivity contribution in [3.63, 3.8) is 0 Å². The molecule has 4 aromatic carbocycles. The number of allylic oxidation sites excluding steroid dienone is 2. The second-order valence-corrected chi connectivity index (χ2v) is 18.6. The van der Waals surface area contributed by atoms with E-state index in [0.29, 0.717) is 40.0 Å². The second-order valence-electron chi connectivity index (χ2n) is 17.1. The van der Waals surface area contributed by atoms with E-state index >= 15 is 4.79 Å². The molecule has 12 nitrogen and oxygen atoms in total. The lowest BCUT2D eigenvalue weighted by Gasteiger charge is -2.49. The number of fused-ring (bicyclic) bond motifs is 5. The maximum absolute atomic E-state index is 15.1. The summed E-state index contributed by atoms with van der Waals surface area (Å²) in [5.74, 6) is -4.23. The van der Waals surface area contributed by atoms with Crippen molar-refractivity contribution in [2.45, 2.75) is 32.6 Å². The van der Waals surface area contributed by atoms with Crippen LogP contribution in [0.25, 0.3) is 20.7 Å². The number of aromatic hydroxyl groups is 1. The van der Waals surface area contributed by atoms with Gasteiger partial charge in [-0.05, 0) is 128 Å².